The van der Waals surface area contributed by atoms with Crippen molar-refractivity contribution in [3.8, 4) is 0 Å². The number of nitro benzene ring substituents is 1. The molecule has 2 saturated carbocycles. The number of hydrogen-bond acceptors (Lipinski definition) is 4. The number of amides is 2. The lowest BCUT2D eigenvalue weighted by Crippen LogP contribution is -2.35. The summed E-state index contributed by atoms with van der Waals surface area (Å²) in [5, 5.41) is 11.2. The number of nitrogens with zero attached hydrogens (tertiary/aromatic N) is 2. The summed E-state index contributed by atoms with van der Waals surface area (Å²) in [4.78, 5) is 37.5. The van der Waals surface area contributed by atoms with Gasteiger partial charge < -0.3 is 0 Å². The Hall–Kier alpha value is -2.21. The second kappa shape index (κ2) is 4.25. The minimum Gasteiger partial charge on any atom is -0.274 e. The molecule has 4 atom stereocenters. The van der Waals surface area contributed by atoms with E-state index in [0.29, 0.717) is 0 Å². The van der Waals surface area contributed by atoms with Crippen molar-refractivity contribution in [3.63, 3.8) is 0 Å². The Balaban J connectivity index is 1.59. The Morgan fingerprint density at radius 1 is 1.12 bits per heavy atom. The first-order valence-corrected chi connectivity index (χ1v) is 8.33. The predicted octanol–water partition coefficient (Wildman–Crippen LogP) is 2.95. The molecule has 1 heterocycles. The molecule has 3 fully saturated rings. The van der Waals surface area contributed by atoms with E-state index in [1.165, 1.54) is 18.2 Å². The van der Waals surface area contributed by atoms with Gasteiger partial charge in [-0.25, -0.2) is 4.90 Å². The average molecular weight is 345 g/mol. The molecule has 0 radical (unpaired) electrons. The van der Waals surface area contributed by atoms with Crippen LogP contribution in [0.25, 0.3) is 0 Å². The Kier molecular flexibility index (Phi) is 2.51. The summed E-state index contributed by atoms with van der Waals surface area (Å²) in [5.74, 6) is -0.987. The molecule has 6 nitrogen and oxygen atoms in total. The van der Waals surface area contributed by atoms with Crippen LogP contribution in [0.1, 0.15) is 12.8 Å². The molecule has 0 N–H and O–H groups in total. The van der Waals surface area contributed by atoms with Gasteiger partial charge >= 0.3 is 0 Å². The van der Waals surface area contributed by atoms with Crippen molar-refractivity contribution in [2.45, 2.75) is 12.8 Å². The van der Waals surface area contributed by atoms with E-state index in [9.17, 15) is 19.7 Å². The van der Waals surface area contributed by atoms with E-state index >= 15 is 0 Å². The summed E-state index contributed by atoms with van der Waals surface area (Å²) in [7, 11) is 0. The van der Waals surface area contributed by atoms with Crippen LogP contribution in [-0.4, -0.2) is 16.7 Å². The van der Waals surface area contributed by atoms with Crippen LogP contribution < -0.4 is 4.90 Å². The normalized spacial score (nSPS) is 34.3. The highest BCUT2D eigenvalue weighted by Gasteiger charge is 2.73. The van der Waals surface area contributed by atoms with Crippen LogP contribution in [0.5, 0.6) is 0 Å². The molecule has 5 rings (SSSR count). The fraction of sp³-hybridized carbons (Fsp3) is 0.412. The first kappa shape index (κ1) is 14.2. The fourth-order valence-electron chi connectivity index (χ4n) is 5.10. The van der Waals surface area contributed by atoms with Gasteiger partial charge in [0.2, 0.25) is 11.8 Å². The lowest BCUT2D eigenvalue weighted by atomic mass is 9.85. The zero-order chi connectivity index (χ0) is 16.8. The van der Waals surface area contributed by atoms with Crippen molar-refractivity contribution in [2.75, 3.05) is 4.90 Å². The van der Waals surface area contributed by atoms with E-state index in [2.05, 4.69) is 12.2 Å². The lowest BCUT2D eigenvalue weighted by Gasteiger charge is -2.22. The highest BCUT2D eigenvalue weighted by molar-refractivity contribution is 6.36. The van der Waals surface area contributed by atoms with E-state index in [1.54, 1.807) is 0 Å². The third kappa shape index (κ3) is 1.48. The zero-order valence-corrected chi connectivity index (χ0v) is 13.3. The summed E-state index contributed by atoms with van der Waals surface area (Å²) >= 11 is 6.14. The molecule has 0 aromatic heterocycles. The van der Waals surface area contributed by atoms with Crippen molar-refractivity contribution < 1.29 is 14.5 Å². The number of rotatable bonds is 2. The van der Waals surface area contributed by atoms with Crippen LogP contribution >= 0.6 is 11.6 Å². The summed E-state index contributed by atoms with van der Waals surface area (Å²) in [6.45, 7) is 0. The molecule has 2 bridgehead atoms. The van der Waals surface area contributed by atoms with Gasteiger partial charge in [-0.1, -0.05) is 23.8 Å². The number of non-ortho nitro benzene ring substituents is 1. The SMILES string of the molecule is O=C1[C@@H]2[C@H](C(=O)N1c1cc([N+](=O)[O-])ccc1Cl)[C@H]1C=C[C@H]2C12CC2. The summed E-state index contributed by atoms with van der Waals surface area (Å²) in [5.41, 5.74) is 0.0606. The van der Waals surface area contributed by atoms with E-state index in [4.69, 9.17) is 11.6 Å². The predicted molar refractivity (Wildman–Crippen MR) is 85.4 cm³/mol. The van der Waals surface area contributed by atoms with Gasteiger partial charge in [-0.05, 0) is 36.2 Å². The van der Waals surface area contributed by atoms with Gasteiger partial charge in [0.25, 0.3) is 5.69 Å². The van der Waals surface area contributed by atoms with Gasteiger partial charge in [0.15, 0.2) is 0 Å². The molecular weight excluding hydrogens is 332 g/mol. The van der Waals surface area contributed by atoms with Gasteiger partial charge in [0.1, 0.15) is 0 Å². The molecule has 3 aliphatic carbocycles. The molecule has 122 valence electrons. The molecule has 24 heavy (non-hydrogen) atoms. The molecule has 1 aromatic carbocycles. The highest BCUT2D eigenvalue weighted by atomic mass is 35.5. The minimum atomic E-state index is -0.559. The maximum Gasteiger partial charge on any atom is 0.271 e. The van der Waals surface area contributed by atoms with E-state index in [1.807, 2.05) is 0 Å². The molecule has 7 heteroatoms. The lowest BCUT2D eigenvalue weighted by molar-refractivity contribution is -0.384. The fourth-order valence-corrected chi connectivity index (χ4v) is 5.30. The first-order valence-electron chi connectivity index (χ1n) is 7.96. The molecule has 2 amide bonds. The zero-order valence-electron chi connectivity index (χ0n) is 12.5. The van der Waals surface area contributed by atoms with Crippen molar-refractivity contribution in [2.24, 2.45) is 29.1 Å². The third-order valence-corrected chi connectivity index (χ3v) is 6.55. The monoisotopic (exact) mass is 344 g/mol. The number of allylic oxidation sites excluding steroid dienone is 2. The van der Waals surface area contributed by atoms with Gasteiger partial charge in [-0.3, -0.25) is 19.7 Å². The van der Waals surface area contributed by atoms with Crippen LogP contribution in [0.2, 0.25) is 5.02 Å². The number of anilines is 1. The van der Waals surface area contributed by atoms with Crippen molar-refractivity contribution in [1.82, 2.24) is 0 Å². The minimum absolute atomic E-state index is 0.117. The molecule has 0 unspecified atom stereocenters. The van der Waals surface area contributed by atoms with Crippen LogP contribution in [0.3, 0.4) is 0 Å². The summed E-state index contributed by atoms with van der Waals surface area (Å²) in [6.07, 6.45) is 6.31. The summed E-state index contributed by atoms with van der Waals surface area (Å²) < 4.78 is 0. The number of halogens is 1. The molecule has 1 aromatic rings. The number of benzene rings is 1. The smallest absolute Gasteiger partial charge is 0.271 e. The van der Waals surface area contributed by atoms with Gasteiger partial charge in [-0.15, -0.1) is 0 Å². The number of carbonyl (C=O) groups excluding carboxylic acids is 2. The molecular formula is C17H13ClN2O4. The van der Waals surface area contributed by atoms with Crippen LogP contribution in [0.4, 0.5) is 11.4 Å². The Morgan fingerprint density at radius 2 is 1.71 bits per heavy atom. The Labute approximate surface area is 142 Å². The maximum atomic E-state index is 13.0. The van der Waals surface area contributed by atoms with Gasteiger partial charge in [-0.2, -0.15) is 0 Å². The topological polar surface area (TPSA) is 80.5 Å². The summed E-state index contributed by atoms with van der Waals surface area (Å²) in [6, 6.07) is 3.84. The van der Waals surface area contributed by atoms with Gasteiger partial charge in [0.05, 0.1) is 27.5 Å². The second-order valence-electron chi connectivity index (χ2n) is 7.13. The number of fused-ring (bicyclic) bond motifs is 3. The molecule has 1 spiro atoms. The van der Waals surface area contributed by atoms with E-state index in [-0.39, 0.29) is 57.3 Å². The Morgan fingerprint density at radius 3 is 2.21 bits per heavy atom. The Bertz CT molecular complexity index is 826. The number of imide groups is 1. The van der Waals surface area contributed by atoms with Crippen LogP contribution in [0, 0.1) is 39.2 Å². The number of carbonyl (C=O) groups is 2. The maximum absolute atomic E-state index is 13.0. The second-order valence-corrected chi connectivity index (χ2v) is 7.53. The molecule has 1 aliphatic heterocycles. The van der Waals surface area contributed by atoms with Crippen molar-refractivity contribution >= 4 is 34.8 Å². The highest BCUT2D eigenvalue weighted by Crippen LogP contribution is 2.73. The van der Waals surface area contributed by atoms with Crippen LogP contribution in [0.15, 0.2) is 30.4 Å². The van der Waals surface area contributed by atoms with Crippen molar-refractivity contribution in [3.05, 3.63) is 45.5 Å². The quantitative estimate of drug-likeness (QED) is 0.357. The third-order valence-electron chi connectivity index (χ3n) is 6.23. The standard InChI is InChI=1S/C17H13ClN2O4/c18-11-4-1-8(20(23)24)7-12(11)19-15(21)13-9-2-3-10(14(13)16(19)22)17(9)5-6-17/h1-4,7,9-10,13-14H,5-6H2/t9-,10-,13-,14+/m1/s1. The number of nitro groups is 1. The molecule has 4 aliphatic rings. The average Bonchev–Trinajstić information content (AvgIpc) is 3.14. The van der Waals surface area contributed by atoms with Crippen molar-refractivity contribution in [1.29, 1.82) is 0 Å². The molecule has 1 saturated heterocycles. The van der Waals surface area contributed by atoms with E-state index in [0.717, 1.165) is 17.7 Å². The van der Waals surface area contributed by atoms with E-state index < -0.39 is 4.92 Å². The van der Waals surface area contributed by atoms with Gasteiger partial charge in [0, 0.05) is 12.1 Å². The van der Waals surface area contributed by atoms with Crippen LogP contribution in [-0.2, 0) is 9.59 Å². The largest absolute Gasteiger partial charge is 0.274 e. The first-order chi connectivity index (χ1) is 11.5. The number of hydrogen-bond donors (Lipinski definition) is 0.